The van der Waals surface area contributed by atoms with Gasteiger partial charge >= 0.3 is 0 Å². The summed E-state index contributed by atoms with van der Waals surface area (Å²) in [7, 11) is 0. The molecule has 50 heavy (non-hydrogen) atoms. The van der Waals surface area contributed by atoms with Crippen molar-refractivity contribution in [1.29, 1.82) is 0 Å². The molecule has 0 heterocycles. The van der Waals surface area contributed by atoms with Gasteiger partial charge in [-0.2, -0.15) is 0 Å². The fourth-order valence-corrected chi connectivity index (χ4v) is 4.33. The number of benzene rings is 2. The second-order valence-corrected chi connectivity index (χ2v) is 11.7. The summed E-state index contributed by atoms with van der Waals surface area (Å²) in [5, 5.41) is 23.0. The van der Waals surface area contributed by atoms with Crippen molar-refractivity contribution in [3.05, 3.63) is 71.8 Å². The summed E-state index contributed by atoms with van der Waals surface area (Å²) in [6.45, 7) is 6.22. The molecule has 4 atom stereocenters. The molecule has 0 saturated heterocycles. The summed E-state index contributed by atoms with van der Waals surface area (Å²) in [5.74, 6) is -4.05. The number of amides is 4. The van der Waals surface area contributed by atoms with Crippen LogP contribution in [0.1, 0.15) is 58.1 Å². The maximum Gasteiger partial charge on any atom is 0.300 e. The van der Waals surface area contributed by atoms with Crippen LogP contribution in [0.4, 0.5) is 0 Å². The van der Waals surface area contributed by atoms with Gasteiger partial charge < -0.3 is 49.1 Å². The van der Waals surface area contributed by atoms with Crippen molar-refractivity contribution in [2.75, 3.05) is 6.54 Å². The standard InChI is InChI=1S/C30H44N8O4.2C2H4O2/c1-19(2)16-25(38-27(40)22(31)17-20-10-5-3-6-11-20)29(42)36-23(14-9-15-35-30(33)34)28(41)37-24(26(32)39)18-21-12-7-4-8-13-21;2*1-2(3)4/h3-8,10-13,19,22-25H,9,14-18,31H2,1-2H3,(H2,32,39)(H,36,42)(H,37,41)(H,38,40)(H4,33,34,35);2*1H3,(H,3,4)/t22-,23-,24-,25-;;/m0../s1. The number of carboxylic acid groups (broad SMARTS) is 2. The number of rotatable bonds is 17. The first-order valence-electron chi connectivity index (χ1n) is 15.9. The molecule has 0 aliphatic carbocycles. The Balaban J connectivity index is 0.00000270. The summed E-state index contributed by atoms with van der Waals surface area (Å²) in [5.41, 5.74) is 24.2. The number of nitrogens with zero attached hydrogens (tertiary/aromatic N) is 1. The minimum Gasteiger partial charge on any atom is -0.481 e. The first-order chi connectivity index (χ1) is 23.4. The van der Waals surface area contributed by atoms with Gasteiger partial charge in [-0.3, -0.25) is 33.8 Å². The summed E-state index contributed by atoms with van der Waals surface area (Å²) < 4.78 is 0. The summed E-state index contributed by atoms with van der Waals surface area (Å²) in [6, 6.07) is 14.6. The second-order valence-electron chi connectivity index (χ2n) is 11.7. The minimum absolute atomic E-state index is 0.0469. The Labute approximate surface area is 292 Å². The lowest BCUT2D eigenvalue weighted by Gasteiger charge is -2.26. The smallest absolute Gasteiger partial charge is 0.300 e. The Morgan fingerprint density at radius 2 is 1.10 bits per heavy atom. The number of hydrogen-bond donors (Lipinski definition) is 9. The van der Waals surface area contributed by atoms with Crippen LogP contribution in [0.15, 0.2) is 65.7 Å². The summed E-state index contributed by atoms with van der Waals surface area (Å²) in [6.07, 6.45) is 1.33. The van der Waals surface area contributed by atoms with E-state index in [1.807, 2.05) is 74.5 Å². The normalized spacial score (nSPS) is 12.5. The highest BCUT2D eigenvalue weighted by molar-refractivity contribution is 5.94. The number of nitrogens with two attached hydrogens (primary N) is 4. The zero-order valence-corrected chi connectivity index (χ0v) is 29.0. The minimum atomic E-state index is -1.05. The van der Waals surface area contributed by atoms with E-state index < -0.39 is 59.7 Å². The molecule has 2 rings (SSSR count). The molecule has 0 bridgehead atoms. The van der Waals surface area contributed by atoms with Crippen molar-refractivity contribution in [2.45, 2.75) is 84.0 Å². The Bertz CT molecular complexity index is 1370. The van der Waals surface area contributed by atoms with Gasteiger partial charge in [0.2, 0.25) is 23.6 Å². The fourth-order valence-electron chi connectivity index (χ4n) is 4.33. The molecule has 16 nitrogen and oxygen atoms in total. The van der Waals surface area contributed by atoms with Crippen LogP contribution in [0.3, 0.4) is 0 Å². The number of aliphatic carboxylic acids is 2. The Kier molecular flexibility index (Phi) is 21.9. The third kappa shape index (κ3) is 22.1. The molecule has 0 aliphatic heterocycles. The molecule has 4 amide bonds. The van der Waals surface area contributed by atoms with Crippen molar-refractivity contribution in [3.63, 3.8) is 0 Å². The summed E-state index contributed by atoms with van der Waals surface area (Å²) in [4.78, 5) is 73.9. The maximum absolute atomic E-state index is 13.5. The zero-order valence-electron chi connectivity index (χ0n) is 29.0. The molecule has 2 aromatic rings. The van der Waals surface area contributed by atoms with Gasteiger partial charge in [0, 0.05) is 26.8 Å². The largest absolute Gasteiger partial charge is 0.481 e. The molecule has 0 unspecified atom stereocenters. The van der Waals surface area contributed by atoms with Crippen LogP contribution >= 0.6 is 0 Å². The van der Waals surface area contributed by atoms with Gasteiger partial charge in [0.15, 0.2) is 5.96 Å². The molecular formula is C34H52N8O8. The predicted octanol–water partition coefficient (Wildman–Crippen LogP) is 0.0203. The number of carbonyl (C=O) groups is 6. The third-order valence-corrected chi connectivity index (χ3v) is 6.50. The quantitative estimate of drug-likeness (QED) is 0.0602. The molecule has 0 saturated carbocycles. The average Bonchev–Trinajstić information content (AvgIpc) is 3.01. The van der Waals surface area contributed by atoms with Crippen molar-refractivity contribution < 1.29 is 39.0 Å². The van der Waals surface area contributed by atoms with E-state index in [1.54, 1.807) is 0 Å². The fraction of sp³-hybridized carbons (Fsp3) is 0.441. The van der Waals surface area contributed by atoms with Gasteiger partial charge in [-0.05, 0) is 42.7 Å². The number of carboxylic acids is 2. The van der Waals surface area contributed by atoms with Crippen molar-refractivity contribution in [2.24, 2.45) is 33.8 Å². The van der Waals surface area contributed by atoms with Gasteiger partial charge in [-0.25, -0.2) is 0 Å². The molecule has 0 aromatic heterocycles. The number of primary amides is 1. The summed E-state index contributed by atoms with van der Waals surface area (Å²) >= 11 is 0. The zero-order chi connectivity index (χ0) is 38.2. The molecule has 276 valence electrons. The third-order valence-electron chi connectivity index (χ3n) is 6.50. The van der Waals surface area contributed by atoms with Crippen LogP contribution in [-0.4, -0.2) is 82.5 Å². The van der Waals surface area contributed by atoms with Crippen LogP contribution in [0.2, 0.25) is 0 Å². The molecule has 0 radical (unpaired) electrons. The van der Waals surface area contributed by atoms with Gasteiger partial charge in [-0.15, -0.1) is 0 Å². The molecule has 2 aromatic carbocycles. The monoisotopic (exact) mass is 700 g/mol. The first kappa shape index (κ1) is 44.5. The second kappa shape index (κ2) is 24.6. The van der Waals surface area contributed by atoms with Crippen molar-refractivity contribution in [1.82, 2.24) is 16.0 Å². The predicted molar refractivity (Wildman–Crippen MR) is 189 cm³/mol. The lowest BCUT2D eigenvalue weighted by atomic mass is 10.0. The van der Waals surface area contributed by atoms with E-state index in [0.29, 0.717) is 19.3 Å². The molecule has 16 heteroatoms. The van der Waals surface area contributed by atoms with E-state index in [0.717, 1.165) is 25.0 Å². The van der Waals surface area contributed by atoms with Crippen LogP contribution in [-0.2, 0) is 41.6 Å². The highest BCUT2D eigenvalue weighted by Gasteiger charge is 2.30. The SMILES string of the molecule is CC(=O)O.CC(=O)O.CC(C)C[C@H](NC(=O)[C@@H](N)Cc1ccccc1)C(=O)N[C@@H](CCCN=C(N)N)C(=O)N[C@@H](Cc1ccccc1)C(N)=O. The van der Waals surface area contributed by atoms with E-state index in [-0.39, 0.29) is 31.3 Å². The Morgan fingerprint density at radius 1 is 0.680 bits per heavy atom. The van der Waals surface area contributed by atoms with Crippen LogP contribution < -0.4 is 38.9 Å². The van der Waals surface area contributed by atoms with Gasteiger partial charge in [0.05, 0.1) is 6.04 Å². The lowest BCUT2D eigenvalue weighted by molar-refractivity contribution is -0.135. The number of nitrogens with one attached hydrogen (secondary N) is 3. The van der Waals surface area contributed by atoms with E-state index in [2.05, 4.69) is 20.9 Å². The molecule has 13 N–H and O–H groups in total. The maximum atomic E-state index is 13.5. The average molecular weight is 701 g/mol. The number of guanidine groups is 1. The van der Waals surface area contributed by atoms with Crippen LogP contribution in [0, 0.1) is 5.92 Å². The Morgan fingerprint density at radius 3 is 1.54 bits per heavy atom. The van der Waals surface area contributed by atoms with Gasteiger partial charge in [0.1, 0.15) is 18.1 Å². The molecule has 0 aliphatic rings. The van der Waals surface area contributed by atoms with Crippen LogP contribution in [0.25, 0.3) is 0 Å². The van der Waals surface area contributed by atoms with Crippen molar-refractivity contribution >= 4 is 41.5 Å². The topological polar surface area (TPSA) is 295 Å². The van der Waals surface area contributed by atoms with Crippen LogP contribution in [0.5, 0.6) is 0 Å². The number of carbonyl (C=O) groups excluding carboxylic acids is 4. The van der Waals surface area contributed by atoms with E-state index in [4.69, 9.17) is 42.7 Å². The van der Waals surface area contributed by atoms with E-state index >= 15 is 0 Å². The number of aliphatic imine (C=N–C) groups is 1. The van der Waals surface area contributed by atoms with Crippen molar-refractivity contribution in [3.8, 4) is 0 Å². The lowest BCUT2D eigenvalue weighted by Crippen LogP contribution is -2.58. The number of hydrogen-bond acceptors (Lipinski definition) is 8. The van der Waals surface area contributed by atoms with E-state index in [1.165, 1.54) is 0 Å². The highest BCUT2D eigenvalue weighted by Crippen LogP contribution is 2.10. The highest BCUT2D eigenvalue weighted by atomic mass is 16.4. The Hall–Kier alpha value is -5.51. The molecular weight excluding hydrogens is 648 g/mol. The van der Waals surface area contributed by atoms with Gasteiger partial charge in [-0.1, -0.05) is 74.5 Å². The van der Waals surface area contributed by atoms with E-state index in [9.17, 15) is 19.2 Å². The van der Waals surface area contributed by atoms with Gasteiger partial charge in [0.25, 0.3) is 11.9 Å². The molecule has 0 spiro atoms. The molecule has 0 fully saturated rings. The first-order valence-corrected chi connectivity index (χ1v) is 15.9.